The van der Waals surface area contributed by atoms with Crippen LogP contribution in [0.2, 0.25) is 15.1 Å². The smallest absolute Gasteiger partial charge is 0.255 e. The maximum atomic E-state index is 12.7. The van der Waals surface area contributed by atoms with Gasteiger partial charge in [0.15, 0.2) is 0 Å². The van der Waals surface area contributed by atoms with E-state index < -0.39 is 0 Å². The van der Waals surface area contributed by atoms with Crippen molar-refractivity contribution >= 4 is 40.7 Å². The molecule has 0 aromatic heterocycles. The average molecular weight is 399 g/mol. The molecule has 1 unspecified atom stereocenters. The molecule has 6 heteroatoms. The fourth-order valence-electron chi connectivity index (χ4n) is 2.92. The van der Waals surface area contributed by atoms with Crippen molar-refractivity contribution in [2.24, 2.45) is 0 Å². The zero-order valence-electron chi connectivity index (χ0n) is 13.6. The number of hydrogen-bond donors (Lipinski definition) is 0. The van der Waals surface area contributed by atoms with Crippen LogP contribution in [0.3, 0.4) is 0 Å². The van der Waals surface area contributed by atoms with E-state index in [4.69, 9.17) is 39.5 Å². The Kier molecular flexibility index (Phi) is 6.24. The van der Waals surface area contributed by atoms with E-state index in [1.165, 1.54) is 0 Å². The molecule has 1 saturated heterocycles. The van der Waals surface area contributed by atoms with E-state index in [0.29, 0.717) is 40.3 Å². The van der Waals surface area contributed by atoms with E-state index in [9.17, 15) is 4.79 Å². The largest absolute Gasteiger partial charge is 0.372 e. The minimum atomic E-state index is -0.0901. The number of amides is 1. The second-order valence-corrected chi connectivity index (χ2v) is 7.29. The first-order valence-corrected chi connectivity index (χ1v) is 9.27. The van der Waals surface area contributed by atoms with Crippen molar-refractivity contribution in [3.63, 3.8) is 0 Å². The molecule has 0 bridgehead atoms. The molecule has 0 aliphatic carbocycles. The Balaban J connectivity index is 1.62. The maximum Gasteiger partial charge on any atom is 0.255 e. The second kappa shape index (κ2) is 8.41. The number of benzene rings is 2. The number of carbonyl (C=O) groups is 1. The zero-order valence-corrected chi connectivity index (χ0v) is 15.8. The van der Waals surface area contributed by atoms with Crippen molar-refractivity contribution in [2.75, 3.05) is 13.1 Å². The number of hydrogen-bond acceptors (Lipinski definition) is 2. The molecular formula is C19H18Cl3NO2. The highest BCUT2D eigenvalue weighted by atomic mass is 35.5. The van der Waals surface area contributed by atoms with E-state index >= 15 is 0 Å². The number of halogens is 3. The molecule has 3 rings (SSSR count). The van der Waals surface area contributed by atoms with E-state index in [0.717, 1.165) is 18.4 Å². The van der Waals surface area contributed by atoms with Gasteiger partial charge in [-0.15, -0.1) is 0 Å². The highest BCUT2D eigenvalue weighted by Gasteiger charge is 2.26. The monoisotopic (exact) mass is 397 g/mol. The van der Waals surface area contributed by atoms with E-state index in [-0.39, 0.29) is 12.0 Å². The molecule has 1 aliphatic rings. The molecule has 1 aliphatic heterocycles. The van der Waals surface area contributed by atoms with E-state index in [2.05, 4.69) is 0 Å². The third-order valence-electron chi connectivity index (χ3n) is 4.26. The topological polar surface area (TPSA) is 29.5 Å². The summed E-state index contributed by atoms with van der Waals surface area (Å²) < 4.78 is 5.98. The van der Waals surface area contributed by atoms with Crippen molar-refractivity contribution < 1.29 is 9.53 Å². The summed E-state index contributed by atoms with van der Waals surface area (Å²) >= 11 is 18.2. The Bertz CT molecular complexity index is 766. The lowest BCUT2D eigenvalue weighted by molar-refractivity contribution is -0.00669. The van der Waals surface area contributed by atoms with Crippen LogP contribution in [-0.4, -0.2) is 30.0 Å². The fraction of sp³-hybridized carbons (Fsp3) is 0.316. The molecule has 1 atom stereocenters. The Morgan fingerprint density at radius 1 is 1.12 bits per heavy atom. The Morgan fingerprint density at radius 2 is 1.92 bits per heavy atom. The lowest BCUT2D eigenvalue weighted by Gasteiger charge is -2.33. The third-order valence-corrected chi connectivity index (χ3v) is 5.18. The first-order chi connectivity index (χ1) is 12.0. The Labute approximate surface area is 162 Å². The van der Waals surface area contributed by atoms with Crippen LogP contribution < -0.4 is 0 Å². The van der Waals surface area contributed by atoms with Gasteiger partial charge in [-0.2, -0.15) is 0 Å². The van der Waals surface area contributed by atoms with Gasteiger partial charge in [0.05, 0.1) is 23.3 Å². The SMILES string of the molecule is O=C(c1ccc(Cl)cc1Cl)N1CCCC(OCc2ccccc2Cl)C1. The van der Waals surface area contributed by atoms with E-state index in [1.54, 1.807) is 23.1 Å². The minimum absolute atomic E-state index is 0.0138. The van der Waals surface area contributed by atoms with Gasteiger partial charge in [-0.05, 0) is 42.7 Å². The molecule has 2 aromatic carbocycles. The second-order valence-electron chi connectivity index (χ2n) is 6.04. The molecule has 0 N–H and O–H groups in total. The molecule has 1 amide bonds. The summed E-state index contributed by atoms with van der Waals surface area (Å²) in [6.45, 7) is 1.68. The first kappa shape index (κ1) is 18.5. The van der Waals surface area contributed by atoms with Gasteiger partial charge < -0.3 is 9.64 Å². The molecular weight excluding hydrogens is 381 g/mol. The predicted molar refractivity (Wildman–Crippen MR) is 102 cm³/mol. The van der Waals surface area contributed by atoms with Gasteiger partial charge in [-0.1, -0.05) is 53.0 Å². The summed E-state index contributed by atoms with van der Waals surface area (Å²) in [5, 5.41) is 1.58. The Hall–Kier alpha value is -1.26. The van der Waals surface area contributed by atoms with Crippen molar-refractivity contribution in [2.45, 2.75) is 25.6 Å². The van der Waals surface area contributed by atoms with Crippen LogP contribution >= 0.6 is 34.8 Å². The highest BCUT2D eigenvalue weighted by Crippen LogP contribution is 2.25. The van der Waals surface area contributed by atoms with Crippen LogP contribution in [0.5, 0.6) is 0 Å². The minimum Gasteiger partial charge on any atom is -0.372 e. The molecule has 0 spiro atoms. The van der Waals surface area contributed by atoms with Gasteiger partial charge in [0.1, 0.15) is 0 Å². The van der Waals surface area contributed by atoms with Gasteiger partial charge in [0.2, 0.25) is 0 Å². The van der Waals surface area contributed by atoms with Crippen LogP contribution in [0, 0.1) is 0 Å². The number of carbonyl (C=O) groups excluding carboxylic acids is 1. The van der Waals surface area contributed by atoms with Gasteiger partial charge in [-0.25, -0.2) is 0 Å². The van der Waals surface area contributed by atoms with Crippen molar-refractivity contribution in [1.29, 1.82) is 0 Å². The summed E-state index contributed by atoms with van der Waals surface area (Å²) in [7, 11) is 0. The summed E-state index contributed by atoms with van der Waals surface area (Å²) in [5.41, 5.74) is 1.42. The molecule has 1 fully saturated rings. The Morgan fingerprint density at radius 3 is 2.68 bits per heavy atom. The van der Waals surface area contributed by atoms with Crippen LogP contribution in [0.4, 0.5) is 0 Å². The molecule has 25 heavy (non-hydrogen) atoms. The van der Waals surface area contributed by atoms with Gasteiger partial charge in [0.25, 0.3) is 5.91 Å². The lowest BCUT2D eigenvalue weighted by Crippen LogP contribution is -2.43. The van der Waals surface area contributed by atoms with Crippen molar-refractivity contribution in [3.8, 4) is 0 Å². The van der Waals surface area contributed by atoms with Crippen LogP contribution in [0.25, 0.3) is 0 Å². The van der Waals surface area contributed by atoms with Gasteiger partial charge in [-0.3, -0.25) is 4.79 Å². The zero-order chi connectivity index (χ0) is 17.8. The maximum absolute atomic E-state index is 12.7. The third kappa shape index (κ3) is 4.68. The molecule has 0 saturated carbocycles. The number of piperidine rings is 1. The van der Waals surface area contributed by atoms with Gasteiger partial charge >= 0.3 is 0 Å². The highest BCUT2D eigenvalue weighted by molar-refractivity contribution is 6.36. The predicted octanol–water partition coefficient (Wildman–Crippen LogP) is 5.47. The standard InChI is InChI=1S/C19H18Cl3NO2/c20-14-7-8-16(18(22)10-14)19(24)23-9-3-5-15(11-23)25-12-13-4-1-2-6-17(13)21/h1-2,4,6-8,10,15H,3,5,9,11-12H2. The van der Waals surface area contributed by atoms with Gasteiger partial charge in [0, 0.05) is 23.1 Å². The van der Waals surface area contributed by atoms with Crippen LogP contribution in [0.1, 0.15) is 28.8 Å². The quantitative estimate of drug-likeness (QED) is 0.683. The van der Waals surface area contributed by atoms with Crippen molar-refractivity contribution in [1.82, 2.24) is 4.90 Å². The molecule has 2 aromatic rings. The fourth-order valence-corrected chi connectivity index (χ4v) is 3.59. The number of nitrogens with zero attached hydrogens (tertiary/aromatic N) is 1. The number of likely N-dealkylation sites (tertiary alicyclic amines) is 1. The summed E-state index contributed by atoms with van der Waals surface area (Å²) in [5.74, 6) is -0.0901. The summed E-state index contributed by atoms with van der Waals surface area (Å²) in [6, 6.07) is 12.6. The lowest BCUT2D eigenvalue weighted by atomic mass is 10.1. The molecule has 0 radical (unpaired) electrons. The number of rotatable bonds is 4. The normalized spacial score (nSPS) is 17.6. The van der Waals surface area contributed by atoms with Crippen molar-refractivity contribution in [3.05, 3.63) is 68.7 Å². The van der Waals surface area contributed by atoms with E-state index in [1.807, 2.05) is 24.3 Å². The molecule has 1 heterocycles. The summed E-state index contributed by atoms with van der Waals surface area (Å²) in [6.07, 6.45) is 1.80. The van der Waals surface area contributed by atoms with Crippen LogP contribution in [-0.2, 0) is 11.3 Å². The first-order valence-electron chi connectivity index (χ1n) is 8.14. The summed E-state index contributed by atoms with van der Waals surface area (Å²) in [4.78, 5) is 14.5. The molecule has 3 nitrogen and oxygen atoms in total. The van der Waals surface area contributed by atoms with Crippen LogP contribution in [0.15, 0.2) is 42.5 Å². The average Bonchev–Trinajstić information content (AvgIpc) is 2.61. The number of ether oxygens (including phenoxy) is 1. The molecule has 132 valence electrons.